The molecule has 0 amide bonds. The fourth-order valence-electron chi connectivity index (χ4n) is 32.0. The van der Waals surface area contributed by atoms with E-state index in [9.17, 15) is 47.9 Å². The molecule has 0 aromatic carbocycles. The molecule has 23 rings (SSSR count). The topological polar surface area (TPSA) is 263 Å². The second-order valence-corrected chi connectivity index (χ2v) is 54.6. The van der Waals surface area contributed by atoms with Gasteiger partial charge in [-0.15, -0.1) is 0 Å². The van der Waals surface area contributed by atoms with Crippen LogP contribution in [0.2, 0.25) is 0 Å². The molecule has 1 unspecified atom stereocenters. The maximum absolute atomic E-state index is 13.0. The number of hydrogen-bond donors (Lipinski definition) is 0. The minimum atomic E-state index is -1.27. The van der Waals surface area contributed by atoms with Crippen LogP contribution in [0.3, 0.4) is 0 Å². The predicted octanol–water partition coefficient (Wildman–Crippen LogP) is 30.1. The highest BCUT2D eigenvalue weighted by molar-refractivity contribution is 5.85. The Morgan fingerprint density at radius 2 is 0.465 bits per heavy atom. The summed E-state index contributed by atoms with van der Waals surface area (Å²) in [4.78, 5) is 124. The van der Waals surface area contributed by atoms with Gasteiger partial charge in [0.05, 0.1) is 33.7 Å². The number of rotatable bonds is 32. The van der Waals surface area contributed by atoms with Crippen LogP contribution >= 0.6 is 0 Å². The molecule has 23 saturated carbocycles. The molecule has 0 spiro atoms. The van der Waals surface area contributed by atoms with E-state index in [1.807, 2.05) is 173 Å². The Kier molecular flexibility index (Phi) is 41.6. The summed E-state index contributed by atoms with van der Waals surface area (Å²) in [6.07, 6.45) is 42.2. The molecule has 23 aliphatic carbocycles. The molecule has 0 saturated heterocycles. The molecular formula is C124H214O20. The summed E-state index contributed by atoms with van der Waals surface area (Å²) in [5.41, 5.74) is -5.89. The summed E-state index contributed by atoms with van der Waals surface area (Å²) < 4.78 is 57.0. The SMILES string of the molecule is CC.CC.CC.CC.CC.CCC(C)(C)C(=O)OC(C)(C)C(=O)OC(C)(C)C12CC3CC(CC(C3)C1)C2.CCC(C)(C)C(=O)OC(C)C(=O)OC(C)(C)C12CC3CC(CC(C3)C1)C2.CCC(C)(C)C(=O)OCC(=O)OC(C)(C)C12CC3C4CC5CC3C(C1)C(C5)C4C2.CCC(C)(C)C(=O)OCC(=O)OC(C)(C)C12CC3CC(CC(C3)C1)C2.CCC(C)(C)C(=O)OCCCC(=O)OC(C)(C)C12CC3CC(CC(C3)C1)C2. The van der Waals surface area contributed by atoms with Crippen LogP contribution in [-0.2, 0) is 95.3 Å². The fourth-order valence-corrected chi connectivity index (χ4v) is 32.0. The molecule has 23 aliphatic rings. The number of carbonyl (C=O) groups excluding carboxylic acids is 10. The zero-order valence-corrected chi connectivity index (χ0v) is 99.0. The minimum Gasteiger partial charge on any atom is -0.465 e. The largest absolute Gasteiger partial charge is 0.465 e. The molecular weight excluding hydrogens is 1810 g/mol. The lowest BCUT2D eigenvalue weighted by Gasteiger charge is -2.74. The van der Waals surface area contributed by atoms with Crippen molar-refractivity contribution in [3.8, 4) is 0 Å². The number of ether oxygens (including phenoxy) is 10. The first-order valence-corrected chi connectivity index (χ1v) is 59.1. The molecule has 0 N–H and O–H groups in total. The smallest absolute Gasteiger partial charge is 0.350 e. The van der Waals surface area contributed by atoms with Crippen LogP contribution in [0.25, 0.3) is 0 Å². The lowest BCUT2D eigenvalue weighted by molar-refractivity contribution is -0.273. The third-order valence-corrected chi connectivity index (χ3v) is 41.4. The van der Waals surface area contributed by atoms with Crippen LogP contribution in [0.15, 0.2) is 0 Å². The molecule has 0 heterocycles. The summed E-state index contributed by atoms with van der Waals surface area (Å²) >= 11 is 0. The Morgan fingerprint density at radius 3 is 0.729 bits per heavy atom. The molecule has 23 fully saturated rings. The van der Waals surface area contributed by atoms with Crippen LogP contribution < -0.4 is 0 Å². The molecule has 20 heteroatoms. The quantitative estimate of drug-likeness (QED) is 0.0344. The standard InChI is InChI=1S/C25H38O4.2C23H38O4.C22H36O4.C21H34O4.5C2H6/c1-6-23(2,3)22(27)28-13-21(26)29-24(4,5)25-10-18-15-7-14-8-16(18)20(12-25)17(9-14)19(15)11-25;1-8-20(2,3)18(24)26-21(4,5)19(25)27-22(6,7)23-12-15-9-16(13-23)11-17(10-15)14-23;1-6-21(2,3)20(25)26-9-7-8-19(24)27-22(4,5)23-13-16-10-17(14-23)12-18(11-16)15-23;1-7-20(3,4)19(24)25-14(2)18(23)26-21(5,6)22-11-15-8-16(12-22)10-17(9-15)13-22;1-6-19(2,3)18(23)24-13-17(22)25-20(4,5)21-10-14-7-15(11-21)9-16(8-14)12-21;5*1-2/h14-20H,6-13H2,1-5H3;15-17H,8-14H2,1-7H3;16-18H,6-15H2,1-5H3;14-17H,7-13H2,1-6H3;14-16H,6-13H2,1-5H3;5*1-2H3. The third-order valence-electron chi connectivity index (χ3n) is 41.4. The molecule has 0 aromatic rings. The summed E-state index contributed by atoms with van der Waals surface area (Å²) in [5, 5.41) is 0. The lowest BCUT2D eigenvalue weighted by Crippen LogP contribution is -2.69. The highest BCUT2D eigenvalue weighted by Crippen LogP contribution is 2.77. The zero-order valence-electron chi connectivity index (χ0n) is 99.0. The lowest BCUT2D eigenvalue weighted by atomic mass is 9.31. The second kappa shape index (κ2) is 48.3. The minimum absolute atomic E-state index is 0.0835. The summed E-state index contributed by atoms with van der Waals surface area (Å²) in [7, 11) is 0. The number of hydrogen-bond acceptors (Lipinski definition) is 20. The van der Waals surface area contributed by atoms with Gasteiger partial charge < -0.3 is 47.4 Å². The van der Waals surface area contributed by atoms with Gasteiger partial charge in [0.1, 0.15) is 28.0 Å². The van der Waals surface area contributed by atoms with Crippen LogP contribution in [0, 0.1) is 167 Å². The molecule has 144 heavy (non-hydrogen) atoms. The Hall–Kier alpha value is -5.30. The predicted molar refractivity (Wildman–Crippen MR) is 573 cm³/mol. The van der Waals surface area contributed by atoms with Crippen molar-refractivity contribution in [2.45, 2.75) is 540 Å². The highest BCUT2D eigenvalue weighted by Gasteiger charge is 2.72. The van der Waals surface area contributed by atoms with Gasteiger partial charge in [-0.2, -0.15) is 0 Å². The molecule has 830 valence electrons. The first-order chi connectivity index (χ1) is 67.0. The van der Waals surface area contributed by atoms with Gasteiger partial charge in [0.15, 0.2) is 19.3 Å². The third kappa shape index (κ3) is 27.1. The van der Waals surface area contributed by atoms with Gasteiger partial charge in [-0.25, -0.2) is 19.2 Å². The monoisotopic (exact) mass is 2020 g/mol. The maximum Gasteiger partial charge on any atom is 0.350 e. The van der Waals surface area contributed by atoms with E-state index in [1.165, 1.54) is 193 Å². The van der Waals surface area contributed by atoms with Crippen molar-refractivity contribution in [3.63, 3.8) is 0 Å². The van der Waals surface area contributed by atoms with Gasteiger partial charge in [0, 0.05) is 33.5 Å². The number of esters is 10. The molecule has 0 aliphatic heterocycles. The summed E-state index contributed by atoms with van der Waals surface area (Å²) in [5.74, 6) is 12.9. The molecule has 20 nitrogen and oxygen atoms in total. The molecule has 0 radical (unpaired) electrons. The normalized spacial score (nSPS) is 33.5. The van der Waals surface area contributed by atoms with E-state index in [1.54, 1.807) is 20.8 Å². The maximum atomic E-state index is 13.0. The Bertz CT molecular complexity index is 4060. The average Bonchev–Trinajstić information content (AvgIpc) is 0.670. The molecule has 1 atom stereocenters. The Balaban J connectivity index is 0.000000215. The summed E-state index contributed by atoms with van der Waals surface area (Å²) in [6.45, 7) is 73.8. The number of carbonyl (C=O) groups is 10. The van der Waals surface area contributed by atoms with E-state index in [4.69, 9.17) is 47.4 Å². The van der Waals surface area contributed by atoms with E-state index in [-0.39, 0.29) is 82.7 Å². The van der Waals surface area contributed by atoms with Crippen molar-refractivity contribution in [2.24, 2.45) is 167 Å². The van der Waals surface area contributed by atoms with Gasteiger partial charge in [-0.3, -0.25) is 28.8 Å². The van der Waals surface area contributed by atoms with Crippen LogP contribution in [-0.4, -0.2) is 119 Å². The van der Waals surface area contributed by atoms with Gasteiger partial charge >= 0.3 is 59.7 Å². The van der Waals surface area contributed by atoms with Crippen LogP contribution in [0.1, 0.15) is 501 Å². The zero-order chi connectivity index (χ0) is 109. The van der Waals surface area contributed by atoms with Crippen molar-refractivity contribution < 1.29 is 95.3 Å². The Morgan fingerprint density at radius 1 is 0.243 bits per heavy atom. The van der Waals surface area contributed by atoms with Gasteiger partial charge in [0.2, 0.25) is 5.60 Å². The second-order valence-electron chi connectivity index (χ2n) is 54.6. The van der Waals surface area contributed by atoms with Crippen molar-refractivity contribution in [2.75, 3.05) is 19.8 Å². The van der Waals surface area contributed by atoms with E-state index in [0.29, 0.717) is 38.5 Å². The van der Waals surface area contributed by atoms with Gasteiger partial charge in [-0.05, 0) is 503 Å². The van der Waals surface area contributed by atoms with Crippen molar-refractivity contribution in [3.05, 3.63) is 0 Å². The Labute approximate surface area is 876 Å². The van der Waals surface area contributed by atoms with E-state index < -0.39 is 90.7 Å². The fraction of sp³-hybridized carbons (Fsp3) is 0.919. The van der Waals surface area contributed by atoms with Crippen molar-refractivity contribution in [1.82, 2.24) is 0 Å². The van der Waals surface area contributed by atoms with E-state index in [2.05, 4.69) is 69.2 Å². The van der Waals surface area contributed by atoms with E-state index >= 15 is 0 Å². The highest BCUT2D eigenvalue weighted by atomic mass is 16.6. The van der Waals surface area contributed by atoms with Gasteiger partial charge in [0.25, 0.3) is 0 Å². The first-order valence-electron chi connectivity index (χ1n) is 59.1. The van der Waals surface area contributed by atoms with Crippen molar-refractivity contribution >= 4 is 59.7 Å². The van der Waals surface area contributed by atoms with Crippen LogP contribution in [0.5, 0.6) is 0 Å². The summed E-state index contributed by atoms with van der Waals surface area (Å²) in [6, 6.07) is 0. The van der Waals surface area contributed by atoms with Crippen LogP contribution in [0.4, 0.5) is 0 Å². The molecule has 0 aromatic heterocycles. The average molecular weight is 2030 g/mol. The van der Waals surface area contributed by atoms with Crippen molar-refractivity contribution in [1.29, 1.82) is 0 Å². The first kappa shape index (κ1) is 124. The van der Waals surface area contributed by atoms with E-state index in [0.717, 1.165) is 119 Å². The molecule has 24 bridgehead atoms. The van der Waals surface area contributed by atoms with Gasteiger partial charge in [-0.1, -0.05) is 104 Å².